The number of rotatable bonds is 4. The van der Waals surface area contributed by atoms with E-state index >= 15 is 0 Å². The number of amides is 1. The smallest absolute Gasteiger partial charge is 0.270 e. The summed E-state index contributed by atoms with van der Waals surface area (Å²) in [5.74, 6) is 0.424. The van der Waals surface area contributed by atoms with E-state index in [2.05, 4.69) is 36.7 Å². The first-order chi connectivity index (χ1) is 8.63. The molecule has 1 N–H and O–H groups in total. The molecule has 0 atom stereocenters. The Balaban J connectivity index is 1.83. The lowest BCUT2D eigenvalue weighted by Crippen LogP contribution is -2.21. The molecule has 8 heteroatoms. The minimum absolute atomic E-state index is 0.111. The molecular formula is C10H10BrN5O2. The van der Waals surface area contributed by atoms with Gasteiger partial charge in [-0.05, 0) is 29.5 Å². The summed E-state index contributed by atoms with van der Waals surface area (Å²) in [6.07, 6.45) is 0. The summed E-state index contributed by atoms with van der Waals surface area (Å²) in [5.41, 5.74) is 0. The van der Waals surface area contributed by atoms with Gasteiger partial charge in [0.05, 0.1) is 7.05 Å². The molecule has 0 bridgehead atoms. The number of hydrogen-bond acceptors (Lipinski definition) is 5. The Morgan fingerprint density at radius 3 is 2.78 bits per heavy atom. The van der Waals surface area contributed by atoms with Gasteiger partial charge in [0.2, 0.25) is 0 Å². The summed E-state index contributed by atoms with van der Waals surface area (Å²) < 4.78 is 6.23. The molecule has 0 fully saturated rings. The monoisotopic (exact) mass is 311 g/mol. The minimum Gasteiger partial charge on any atom is -0.484 e. The van der Waals surface area contributed by atoms with Gasteiger partial charge in [0, 0.05) is 4.47 Å². The summed E-state index contributed by atoms with van der Waals surface area (Å²) in [7, 11) is 1.61. The second-order valence-corrected chi connectivity index (χ2v) is 4.31. The summed E-state index contributed by atoms with van der Waals surface area (Å²) >= 11 is 3.31. The van der Waals surface area contributed by atoms with E-state index in [0.29, 0.717) is 5.75 Å². The van der Waals surface area contributed by atoms with Crippen LogP contribution in [0.15, 0.2) is 28.7 Å². The lowest BCUT2D eigenvalue weighted by Gasteiger charge is -2.05. The van der Waals surface area contributed by atoms with Crippen molar-refractivity contribution < 1.29 is 9.53 Å². The van der Waals surface area contributed by atoms with Crippen molar-refractivity contribution in [2.75, 3.05) is 11.9 Å². The number of nitrogens with one attached hydrogen (secondary N) is 1. The first-order valence-corrected chi connectivity index (χ1v) is 5.85. The molecule has 0 unspecified atom stereocenters. The van der Waals surface area contributed by atoms with Crippen molar-refractivity contribution in [3.05, 3.63) is 28.7 Å². The van der Waals surface area contributed by atoms with Crippen LogP contribution >= 0.6 is 15.9 Å². The van der Waals surface area contributed by atoms with Crippen molar-refractivity contribution >= 4 is 27.8 Å². The van der Waals surface area contributed by atoms with Gasteiger partial charge in [-0.3, -0.25) is 10.1 Å². The molecule has 1 aromatic carbocycles. The molecule has 2 rings (SSSR count). The molecule has 0 aliphatic rings. The summed E-state index contributed by atoms with van der Waals surface area (Å²) in [4.78, 5) is 12.8. The van der Waals surface area contributed by atoms with Crippen molar-refractivity contribution in [3.63, 3.8) is 0 Å². The maximum absolute atomic E-state index is 11.5. The standard InChI is InChI=1S/C10H10BrN5O2/c1-16-14-10(13-15-16)12-9(17)6-18-8-4-2-7(11)3-5-8/h2-5H,6H2,1H3,(H,12,14,17). The molecule has 0 saturated carbocycles. The highest BCUT2D eigenvalue weighted by Gasteiger charge is 2.07. The number of aryl methyl sites for hydroxylation is 1. The molecule has 1 aromatic heterocycles. The Bertz CT molecular complexity index is 539. The van der Waals surface area contributed by atoms with Gasteiger partial charge < -0.3 is 4.74 Å². The summed E-state index contributed by atoms with van der Waals surface area (Å²) in [6.45, 7) is -0.111. The third-order valence-corrected chi connectivity index (χ3v) is 2.47. The third-order valence-electron chi connectivity index (χ3n) is 1.94. The van der Waals surface area contributed by atoms with Crippen LogP contribution in [0.25, 0.3) is 0 Å². The van der Waals surface area contributed by atoms with Crippen molar-refractivity contribution in [1.29, 1.82) is 0 Å². The maximum Gasteiger partial charge on any atom is 0.270 e. The lowest BCUT2D eigenvalue weighted by molar-refractivity contribution is -0.118. The van der Waals surface area contributed by atoms with Gasteiger partial charge in [0.1, 0.15) is 5.75 Å². The molecule has 0 aliphatic heterocycles. The minimum atomic E-state index is -0.342. The largest absolute Gasteiger partial charge is 0.484 e. The van der Waals surface area contributed by atoms with Gasteiger partial charge in [0.25, 0.3) is 11.9 Å². The highest BCUT2D eigenvalue weighted by molar-refractivity contribution is 9.10. The second kappa shape index (κ2) is 5.58. The molecule has 2 aromatic rings. The lowest BCUT2D eigenvalue weighted by atomic mass is 10.3. The van der Waals surface area contributed by atoms with Crippen LogP contribution in [0.3, 0.4) is 0 Å². The number of ether oxygens (including phenoxy) is 1. The predicted octanol–water partition coefficient (Wildman–Crippen LogP) is 0.990. The van der Waals surface area contributed by atoms with Gasteiger partial charge in [-0.1, -0.05) is 21.0 Å². The fourth-order valence-corrected chi connectivity index (χ4v) is 1.44. The zero-order valence-corrected chi connectivity index (χ0v) is 11.1. The highest BCUT2D eigenvalue weighted by Crippen LogP contribution is 2.15. The summed E-state index contributed by atoms with van der Waals surface area (Å²) in [5, 5.41) is 13.5. The Morgan fingerprint density at radius 1 is 1.44 bits per heavy atom. The fourth-order valence-electron chi connectivity index (χ4n) is 1.17. The van der Waals surface area contributed by atoms with Gasteiger partial charge in [0.15, 0.2) is 6.61 Å². The average Bonchev–Trinajstić information content (AvgIpc) is 2.74. The SMILES string of the molecule is Cn1nnc(NC(=O)COc2ccc(Br)cc2)n1. The second-order valence-electron chi connectivity index (χ2n) is 3.39. The van der Waals surface area contributed by atoms with Crippen LogP contribution in [-0.2, 0) is 11.8 Å². The zero-order valence-electron chi connectivity index (χ0n) is 9.50. The third kappa shape index (κ3) is 3.52. The van der Waals surface area contributed by atoms with Gasteiger partial charge in [-0.2, -0.15) is 4.80 Å². The number of carbonyl (C=O) groups excluding carboxylic acids is 1. The van der Waals surface area contributed by atoms with Crippen LogP contribution in [0.5, 0.6) is 5.75 Å². The molecule has 0 spiro atoms. The number of aromatic nitrogens is 4. The molecule has 18 heavy (non-hydrogen) atoms. The number of halogens is 1. The van der Waals surface area contributed by atoms with Gasteiger partial charge in [-0.25, -0.2) is 0 Å². The number of benzene rings is 1. The van der Waals surface area contributed by atoms with E-state index in [1.165, 1.54) is 4.80 Å². The van der Waals surface area contributed by atoms with E-state index in [9.17, 15) is 4.79 Å². The van der Waals surface area contributed by atoms with Gasteiger partial charge in [-0.15, -0.1) is 5.10 Å². The molecule has 7 nitrogen and oxygen atoms in total. The van der Waals surface area contributed by atoms with Crippen molar-refractivity contribution in [1.82, 2.24) is 20.2 Å². The summed E-state index contributed by atoms with van der Waals surface area (Å²) in [6, 6.07) is 7.19. The number of nitrogens with zero attached hydrogens (tertiary/aromatic N) is 4. The molecule has 0 radical (unpaired) electrons. The molecule has 0 aliphatic carbocycles. The van der Waals surface area contributed by atoms with Crippen LogP contribution in [-0.4, -0.2) is 32.7 Å². The van der Waals surface area contributed by atoms with E-state index in [1.54, 1.807) is 19.2 Å². The van der Waals surface area contributed by atoms with Crippen molar-refractivity contribution in [2.45, 2.75) is 0 Å². The number of carbonyl (C=O) groups is 1. The Kier molecular flexibility index (Phi) is 3.88. The zero-order chi connectivity index (χ0) is 13.0. The average molecular weight is 312 g/mol. The Morgan fingerprint density at radius 2 is 2.17 bits per heavy atom. The van der Waals surface area contributed by atoms with Gasteiger partial charge >= 0.3 is 0 Å². The van der Waals surface area contributed by atoms with Crippen molar-refractivity contribution in [3.8, 4) is 5.75 Å². The van der Waals surface area contributed by atoms with E-state index in [1.807, 2.05) is 12.1 Å². The van der Waals surface area contributed by atoms with E-state index in [-0.39, 0.29) is 18.5 Å². The van der Waals surface area contributed by atoms with Crippen LogP contribution in [0, 0.1) is 0 Å². The van der Waals surface area contributed by atoms with E-state index < -0.39 is 0 Å². The molecule has 94 valence electrons. The van der Waals surface area contributed by atoms with Crippen molar-refractivity contribution in [2.24, 2.45) is 7.05 Å². The van der Waals surface area contributed by atoms with E-state index in [4.69, 9.17) is 4.74 Å². The quantitative estimate of drug-likeness (QED) is 0.910. The topological polar surface area (TPSA) is 81.9 Å². The van der Waals surface area contributed by atoms with Crippen LogP contribution in [0.2, 0.25) is 0 Å². The normalized spacial score (nSPS) is 10.1. The molecular weight excluding hydrogens is 302 g/mol. The fraction of sp³-hybridized carbons (Fsp3) is 0.200. The molecule has 0 saturated heterocycles. The number of hydrogen-bond donors (Lipinski definition) is 1. The number of tetrazole rings is 1. The van der Waals surface area contributed by atoms with E-state index in [0.717, 1.165) is 4.47 Å². The van der Waals surface area contributed by atoms with Crippen LogP contribution in [0.1, 0.15) is 0 Å². The van der Waals surface area contributed by atoms with Crippen LogP contribution in [0.4, 0.5) is 5.95 Å². The predicted molar refractivity (Wildman–Crippen MR) is 67.1 cm³/mol. The Hall–Kier alpha value is -1.96. The van der Waals surface area contributed by atoms with Crippen LogP contribution < -0.4 is 10.1 Å². The first-order valence-electron chi connectivity index (χ1n) is 5.06. The Labute approximate surface area is 111 Å². The molecule has 1 amide bonds. The maximum atomic E-state index is 11.5. The molecule has 1 heterocycles. The first kappa shape index (κ1) is 12.5. The highest BCUT2D eigenvalue weighted by atomic mass is 79.9. The number of anilines is 1.